The summed E-state index contributed by atoms with van der Waals surface area (Å²) < 4.78 is 0. The van der Waals surface area contributed by atoms with Gasteiger partial charge in [-0.05, 0) is 25.2 Å². The molecule has 0 N–H and O–H groups in total. The fourth-order valence-electron chi connectivity index (χ4n) is 1.37. The summed E-state index contributed by atoms with van der Waals surface area (Å²) in [7, 11) is 0. The number of rotatable bonds is 0. The zero-order chi connectivity index (χ0) is 8.15. The summed E-state index contributed by atoms with van der Waals surface area (Å²) in [5.74, 6) is 1.73. The van der Waals surface area contributed by atoms with Gasteiger partial charge in [-0.3, -0.25) is 0 Å². The Balaban J connectivity index is 0.000000371. The summed E-state index contributed by atoms with van der Waals surface area (Å²) in [5.41, 5.74) is 1.57. The van der Waals surface area contributed by atoms with Crippen LogP contribution < -0.4 is 0 Å². The lowest BCUT2D eigenvalue weighted by atomic mass is 10.0. The highest BCUT2D eigenvalue weighted by atomic mass is 14.2. The quantitative estimate of drug-likeness (QED) is 0.451. The molecule has 0 spiro atoms. The summed E-state index contributed by atoms with van der Waals surface area (Å²) in [6.07, 6.45) is 3.70. The Hall–Kier alpha value is -0.260. The van der Waals surface area contributed by atoms with Crippen molar-refractivity contribution in [2.45, 2.75) is 41.0 Å². The van der Waals surface area contributed by atoms with Gasteiger partial charge in [0.15, 0.2) is 0 Å². The molecule has 0 aliphatic heterocycles. The van der Waals surface area contributed by atoms with Crippen molar-refractivity contribution < 1.29 is 0 Å². The molecule has 0 saturated heterocycles. The Morgan fingerprint density at radius 2 is 1.80 bits per heavy atom. The molecule has 60 valence electrons. The van der Waals surface area contributed by atoms with Crippen LogP contribution in [0.5, 0.6) is 0 Å². The van der Waals surface area contributed by atoms with E-state index in [0.29, 0.717) is 0 Å². The first-order valence-corrected chi connectivity index (χ1v) is 4.37. The van der Waals surface area contributed by atoms with Gasteiger partial charge in [0, 0.05) is 0 Å². The molecule has 2 unspecified atom stereocenters. The Morgan fingerprint density at radius 3 is 1.90 bits per heavy atom. The lowest BCUT2D eigenvalue weighted by molar-refractivity contribution is 0.494. The highest BCUT2D eigenvalue weighted by Crippen LogP contribution is 2.28. The third kappa shape index (κ3) is 2.55. The van der Waals surface area contributed by atoms with E-state index in [1.807, 2.05) is 13.8 Å². The van der Waals surface area contributed by atoms with Crippen LogP contribution in [0.3, 0.4) is 0 Å². The zero-order valence-corrected chi connectivity index (χ0v) is 7.94. The molecule has 0 bridgehead atoms. The van der Waals surface area contributed by atoms with Crippen molar-refractivity contribution in [1.82, 2.24) is 0 Å². The summed E-state index contributed by atoms with van der Waals surface area (Å²) in [6.45, 7) is 10.8. The molecule has 0 radical (unpaired) electrons. The van der Waals surface area contributed by atoms with Crippen LogP contribution >= 0.6 is 0 Å². The molecule has 1 aliphatic rings. The minimum absolute atomic E-state index is 0.829. The Bertz CT molecular complexity index is 111. The van der Waals surface area contributed by atoms with Gasteiger partial charge in [-0.1, -0.05) is 39.3 Å². The third-order valence-corrected chi connectivity index (χ3v) is 2.09. The summed E-state index contributed by atoms with van der Waals surface area (Å²) in [6, 6.07) is 0. The molecule has 0 aromatic carbocycles. The van der Waals surface area contributed by atoms with E-state index >= 15 is 0 Å². The predicted octanol–water partition coefficient (Wildman–Crippen LogP) is 3.63. The molecule has 0 aromatic heterocycles. The summed E-state index contributed by atoms with van der Waals surface area (Å²) >= 11 is 0. The van der Waals surface area contributed by atoms with Gasteiger partial charge in [-0.2, -0.15) is 0 Å². The van der Waals surface area contributed by atoms with Gasteiger partial charge in [0.05, 0.1) is 0 Å². The van der Waals surface area contributed by atoms with Crippen LogP contribution in [0.4, 0.5) is 0 Å². The first-order valence-electron chi connectivity index (χ1n) is 4.37. The first-order chi connectivity index (χ1) is 4.70. The van der Waals surface area contributed by atoms with Gasteiger partial charge in [0.1, 0.15) is 0 Å². The first kappa shape index (κ1) is 9.74. The molecule has 0 heterocycles. The second kappa shape index (κ2) is 4.54. The molecule has 0 amide bonds. The number of hydrogen-bond acceptors (Lipinski definition) is 0. The van der Waals surface area contributed by atoms with E-state index in [1.165, 1.54) is 6.42 Å². The summed E-state index contributed by atoms with van der Waals surface area (Å²) in [5, 5.41) is 0. The smallest absolute Gasteiger partial charge is 0.0231 e. The van der Waals surface area contributed by atoms with E-state index in [1.54, 1.807) is 5.57 Å². The maximum absolute atomic E-state index is 2.38. The van der Waals surface area contributed by atoms with Crippen molar-refractivity contribution >= 4 is 0 Å². The van der Waals surface area contributed by atoms with Gasteiger partial charge in [-0.15, -0.1) is 0 Å². The fraction of sp³-hybridized carbons (Fsp3) is 0.800. The molecule has 2 atom stereocenters. The second-order valence-electron chi connectivity index (χ2n) is 3.05. The fourth-order valence-corrected chi connectivity index (χ4v) is 1.37. The van der Waals surface area contributed by atoms with Crippen LogP contribution in [-0.4, -0.2) is 0 Å². The van der Waals surface area contributed by atoms with Crippen LogP contribution in [0.1, 0.15) is 41.0 Å². The van der Waals surface area contributed by atoms with Crippen LogP contribution in [0, 0.1) is 11.8 Å². The molecule has 0 nitrogen and oxygen atoms in total. The van der Waals surface area contributed by atoms with E-state index in [9.17, 15) is 0 Å². The van der Waals surface area contributed by atoms with Crippen LogP contribution in [0.2, 0.25) is 0 Å². The van der Waals surface area contributed by atoms with Gasteiger partial charge >= 0.3 is 0 Å². The SMILES string of the molecule is CC.CC1=CC(C)C(C)C1. The molecule has 0 fully saturated rings. The van der Waals surface area contributed by atoms with Gasteiger partial charge in [0.2, 0.25) is 0 Å². The van der Waals surface area contributed by atoms with Crippen molar-refractivity contribution in [3.05, 3.63) is 11.6 Å². The largest absolute Gasteiger partial charge is 0.0825 e. The molecule has 1 aliphatic carbocycles. The minimum atomic E-state index is 0.829. The average Bonchev–Trinajstić information content (AvgIpc) is 2.16. The lowest BCUT2D eigenvalue weighted by Crippen LogP contribution is -1.96. The standard InChI is InChI=1S/C8H14.C2H6/c1-6-4-7(2)8(3)5-6;1-2/h4,7-8H,5H2,1-3H3;1-2H3. The van der Waals surface area contributed by atoms with E-state index in [4.69, 9.17) is 0 Å². The maximum Gasteiger partial charge on any atom is -0.0231 e. The molecule has 0 saturated carbocycles. The minimum Gasteiger partial charge on any atom is -0.0825 e. The predicted molar refractivity (Wildman–Crippen MR) is 48.1 cm³/mol. The highest BCUT2D eigenvalue weighted by molar-refractivity contribution is 5.09. The number of allylic oxidation sites excluding steroid dienone is 2. The van der Waals surface area contributed by atoms with Gasteiger partial charge < -0.3 is 0 Å². The van der Waals surface area contributed by atoms with Gasteiger partial charge in [0.25, 0.3) is 0 Å². The Morgan fingerprint density at radius 1 is 1.30 bits per heavy atom. The monoisotopic (exact) mass is 140 g/mol. The molecule has 0 heteroatoms. The Labute approximate surface area is 65.3 Å². The van der Waals surface area contributed by atoms with Gasteiger partial charge in [-0.25, -0.2) is 0 Å². The van der Waals surface area contributed by atoms with Crippen molar-refractivity contribution in [3.63, 3.8) is 0 Å². The van der Waals surface area contributed by atoms with E-state index in [2.05, 4.69) is 26.8 Å². The number of hydrogen-bond donors (Lipinski definition) is 0. The molecular weight excluding hydrogens is 120 g/mol. The topological polar surface area (TPSA) is 0 Å². The van der Waals surface area contributed by atoms with E-state index in [-0.39, 0.29) is 0 Å². The highest BCUT2D eigenvalue weighted by Gasteiger charge is 2.16. The van der Waals surface area contributed by atoms with Crippen molar-refractivity contribution in [3.8, 4) is 0 Å². The molecule has 1 rings (SSSR count). The van der Waals surface area contributed by atoms with Crippen LogP contribution in [0.25, 0.3) is 0 Å². The normalized spacial score (nSPS) is 30.7. The molecule has 10 heavy (non-hydrogen) atoms. The Kier molecular flexibility index (Phi) is 4.42. The van der Waals surface area contributed by atoms with Crippen molar-refractivity contribution in [2.75, 3.05) is 0 Å². The van der Waals surface area contributed by atoms with Crippen LogP contribution in [0.15, 0.2) is 11.6 Å². The third-order valence-electron chi connectivity index (χ3n) is 2.09. The van der Waals surface area contributed by atoms with Crippen LogP contribution in [-0.2, 0) is 0 Å². The zero-order valence-electron chi connectivity index (χ0n) is 7.94. The lowest BCUT2D eigenvalue weighted by Gasteiger charge is -2.05. The van der Waals surface area contributed by atoms with E-state index < -0.39 is 0 Å². The summed E-state index contributed by atoms with van der Waals surface area (Å²) in [4.78, 5) is 0. The van der Waals surface area contributed by atoms with Crippen molar-refractivity contribution in [1.29, 1.82) is 0 Å². The van der Waals surface area contributed by atoms with E-state index in [0.717, 1.165) is 11.8 Å². The molecule has 0 aromatic rings. The second-order valence-corrected chi connectivity index (χ2v) is 3.05. The average molecular weight is 140 g/mol. The van der Waals surface area contributed by atoms with Crippen molar-refractivity contribution in [2.24, 2.45) is 11.8 Å². The maximum atomic E-state index is 2.38. The molecular formula is C10H20.